The molecule has 3 rings (SSSR count). The van der Waals surface area contributed by atoms with Crippen molar-refractivity contribution in [2.45, 2.75) is 13.0 Å². The number of hydrogen-bond acceptors (Lipinski definition) is 4. The molecule has 130 valence electrons. The van der Waals surface area contributed by atoms with E-state index in [1.807, 2.05) is 23.6 Å². The first-order valence-corrected chi connectivity index (χ1v) is 9.33. The molecule has 0 saturated heterocycles. The molecule has 0 saturated carbocycles. The average molecular weight is 394 g/mol. The summed E-state index contributed by atoms with van der Waals surface area (Å²) in [6.45, 7) is 2.64. The van der Waals surface area contributed by atoms with Gasteiger partial charge in [0.2, 0.25) is 0 Å². The van der Waals surface area contributed by atoms with Crippen LogP contribution in [0.2, 0.25) is 10.0 Å². The minimum atomic E-state index is 0.0803. The Hall–Kier alpha value is -1.66. The van der Waals surface area contributed by atoms with Crippen LogP contribution in [0, 0.1) is 0 Å². The normalized spacial score (nSPS) is 13.2. The first kappa shape index (κ1) is 18.1. The summed E-state index contributed by atoms with van der Waals surface area (Å²) in [5.74, 6) is 0. The van der Waals surface area contributed by atoms with Crippen molar-refractivity contribution < 1.29 is 4.74 Å². The molecule has 1 aromatic carbocycles. The summed E-state index contributed by atoms with van der Waals surface area (Å²) >= 11 is 14.1. The fraction of sp³-hybridized carbons (Fsp3) is 0.222. The Bertz CT molecular complexity index is 922. The lowest BCUT2D eigenvalue weighted by molar-refractivity contribution is 0.162. The number of nitrogens with zero attached hydrogens (tertiary/aromatic N) is 3. The second kappa shape index (κ2) is 8.15. The van der Waals surface area contributed by atoms with Crippen molar-refractivity contribution >= 4 is 40.2 Å². The smallest absolute Gasteiger partial charge is 0.190 e. The van der Waals surface area contributed by atoms with Crippen LogP contribution in [0.3, 0.4) is 0 Å². The number of hydrogen-bond donors (Lipinski definition) is 0. The van der Waals surface area contributed by atoms with E-state index in [0.717, 1.165) is 21.7 Å². The second-order valence-electron chi connectivity index (χ2n) is 5.53. The van der Waals surface area contributed by atoms with Crippen molar-refractivity contribution in [2.24, 2.45) is 4.99 Å². The van der Waals surface area contributed by atoms with Crippen molar-refractivity contribution in [3.8, 4) is 11.3 Å². The van der Waals surface area contributed by atoms with Crippen molar-refractivity contribution in [3.63, 3.8) is 0 Å². The van der Waals surface area contributed by atoms with Gasteiger partial charge in [-0.2, -0.15) is 0 Å². The lowest BCUT2D eigenvalue weighted by Crippen LogP contribution is -2.23. The molecular formula is C18H17Cl2N3OS. The molecule has 2 aromatic heterocycles. The molecule has 0 aliphatic rings. The monoisotopic (exact) mass is 393 g/mol. The molecule has 0 bridgehead atoms. The number of halogens is 2. The summed E-state index contributed by atoms with van der Waals surface area (Å²) in [5.41, 5.74) is 2.64. The maximum Gasteiger partial charge on any atom is 0.190 e. The van der Waals surface area contributed by atoms with Gasteiger partial charge in [-0.25, -0.2) is 4.99 Å². The summed E-state index contributed by atoms with van der Waals surface area (Å²) in [4.78, 5) is 9.70. The Labute approximate surface area is 160 Å². The zero-order valence-corrected chi connectivity index (χ0v) is 16.1. The third-order valence-corrected chi connectivity index (χ3v) is 5.07. The van der Waals surface area contributed by atoms with E-state index >= 15 is 0 Å². The highest BCUT2D eigenvalue weighted by Crippen LogP contribution is 2.32. The predicted octanol–water partition coefficient (Wildman–Crippen LogP) is 5.36. The lowest BCUT2D eigenvalue weighted by atomic mass is 10.1. The number of benzene rings is 1. The molecule has 4 nitrogen and oxygen atoms in total. The molecule has 25 heavy (non-hydrogen) atoms. The van der Waals surface area contributed by atoms with Crippen LogP contribution in [0.15, 0.2) is 53.1 Å². The highest BCUT2D eigenvalue weighted by atomic mass is 35.5. The van der Waals surface area contributed by atoms with E-state index in [4.69, 9.17) is 32.9 Å². The van der Waals surface area contributed by atoms with Gasteiger partial charge in [0.15, 0.2) is 4.80 Å². The summed E-state index contributed by atoms with van der Waals surface area (Å²) in [6.07, 6.45) is 3.46. The standard InChI is InChI=1S/C18H17Cl2N3OS/c1-12(10-24-2)23-17(15-8-13(19)5-6-16(15)20)11-25-18(23)22-14-4-3-7-21-9-14/h3-9,11-12H,10H2,1-2H3. The van der Waals surface area contributed by atoms with Crippen molar-refractivity contribution in [2.75, 3.05) is 13.7 Å². The lowest BCUT2D eigenvalue weighted by Gasteiger charge is -2.17. The largest absolute Gasteiger partial charge is 0.383 e. The van der Waals surface area contributed by atoms with Gasteiger partial charge < -0.3 is 9.30 Å². The van der Waals surface area contributed by atoms with Gasteiger partial charge in [0, 0.05) is 29.3 Å². The van der Waals surface area contributed by atoms with E-state index < -0.39 is 0 Å². The minimum absolute atomic E-state index is 0.0803. The van der Waals surface area contributed by atoms with E-state index in [2.05, 4.69) is 16.5 Å². The maximum atomic E-state index is 6.41. The van der Waals surface area contributed by atoms with Crippen LogP contribution in [-0.2, 0) is 4.74 Å². The summed E-state index contributed by atoms with van der Waals surface area (Å²) < 4.78 is 7.47. The molecule has 2 heterocycles. The summed E-state index contributed by atoms with van der Waals surface area (Å²) in [6, 6.07) is 9.32. The Kier molecular flexibility index (Phi) is 5.91. The number of aromatic nitrogens is 2. The molecule has 7 heteroatoms. The molecule has 0 aliphatic carbocycles. The van der Waals surface area contributed by atoms with Crippen LogP contribution in [0.25, 0.3) is 11.3 Å². The molecule has 1 atom stereocenters. The topological polar surface area (TPSA) is 39.4 Å². The third kappa shape index (κ3) is 4.12. The quantitative estimate of drug-likeness (QED) is 0.585. The molecular weight excluding hydrogens is 377 g/mol. The number of thiazole rings is 1. The van der Waals surface area contributed by atoms with Crippen LogP contribution in [0.1, 0.15) is 13.0 Å². The van der Waals surface area contributed by atoms with E-state index in [1.165, 1.54) is 0 Å². The molecule has 0 aliphatic heterocycles. The molecule has 1 unspecified atom stereocenters. The number of ether oxygens (including phenoxy) is 1. The van der Waals surface area contributed by atoms with Crippen molar-refractivity contribution in [1.29, 1.82) is 0 Å². The zero-order chi connectivity index (χ0) is 17.8. The Morgan fingerprint density at radius 2 is 2.16 bits per heavy atom. The van der Waals surface area contributed by atoms with Gasteiger partial charge in [-0.1, -0.05) is 23.2 Å². The fourth-order valence-corrected chi connectivity index (χ4v) is 3.96. The van der Waals surface area contributed by atoms with E-state index in [9.17, 15) is 0 Å². The number of rotatable bonds is 5. The highest BCUT2D eigenvalue weighted by Gasteiger charge is 2.16. The van der Waals surface area contributed by atoms with Gasteiger partial charge in [-0.15, -0.1) is 11.3 Å². The van der Waals surface area contributed by atoms with Gasteiger partial charge >= 0.3 is 0 Å². The van der Waals surface area contributed by atoms with Gasteiger partial charge in [0.05, 0.1) is 35.2 Å². The first-order chi connectivity index (χ1) is 12.1. The number of methoxy groups -OCH3 is 1. The molecule has 3 aromatic rings. The first-order valence-electron chi connectivity index (χ1n) is 7.69. The van der Waals surface area contributed by atoms with Crippen LogP contribution in [-0.4, -0.2) is 23.3 Å². The summed E-state index contributed by atoms with van der Waals surface area (Å²) in [7, 11) is 1.69. The van der Waals surface area contributed by atoms with Gasteiger partial charge in [0.25, 0.3) is 0 Å². The van der Waals surface area contributed by atoms with E-state index in [1.54, 1.807) is 43.0 Å². The van der Waals surface area contributed by atoms with Crippen LogP contribution >= 0.6 is 34.5 Å². The van der Waals surface area contributed by atoms with Gasteiger partial charge in [-0.3, -0.25) is 4.98 Å². The molecule has 0 radical (unpaired) electrons. The van der Waals surface area contributed by atoms with E-state index in [-0.39, 0.29) is 6.04 Å². The predicted molar refractivity (Wildman–Crippen MR) is 104 cm³/mol. The van der Waals surface area contributed by atoms with Crippen molar-refractivity contribution in [1.82, 2.24) is 9.55 Å². The third-order valence-electron chi connectivity index (χ3n) is 3.67. The van der Waals surface area contributed by atoms with Crippen LogP contribution < -0.4 is 4.80 Å². The Balaban J connectivity index is 2.20. The second-order valence-corrected chi connectivity index (χ2v) is 7.21. The minimum Gasteiger partial charge on any atom is -0.383 e. The summed E-state index contributed by atoms with van der Waals surface area (Å²) in [5, 5.41) is 3.33. The highest BCUT2D eigenvalue weighted by molar-refractivity contribution is 7.07. The molecule has 0 spiro atoms. The molecule has 0 amide bonds. The zero-order valence-electron chi connectivity index (χ0n) is 13.8. The van der Waals surface area contributed by atoms with Crippen molar-refractivity contribution in [3.05, 3.63) is 63.0 Å². The van der Waals surface area contributed by atoms with Gasteiger partial charge in [0.1, 0.15) is 0 Å². The Morgan fingerprint density at radius 1 is 1.32 bits per heavy atom. The van der Waals surface area contributed by atoms with Crippen LogP contribution in [0.5, 0.6) is 0 Å². The molecule has 0 N–H and O–H groups in total. The van der Waals surface area contributed by atoms with E-state index in [0.29, 0.717) is 16.7 Å². The Morgan fingerprint density at radius 3 is 2.88 bits per heavy atom. The average Bonchev–Trinajstić information content (AvgIpc) is 3.01. The SMILES string of the molecule is COCC(C)n1c(-c2cc(Cl)ccc2Cl)csc1=Nc1cccnc1. The van der Waals surface area contributed by atoms with Crippen LogP contribution in [0.4, 0.5) is 5.69 Å². The molecule has 0 fully saturated rings. The number of pyridine rings is 1. The fourth-order valence-electron chi connectivity index (χ4n) is 2.56. The maximum absolute atomic E-state index is 6.41. The van der Waals surface area contributed by atoms with Gasteiger partial charge in [-0.05, 0) is 37.3 Å².